The summed E-state index contributed by atoms with van der Waals surface area (Å²) >= 11 is 0. The number of methoxy groups -OCH3 is 2. The zero-order valence-corrected chi connectivity index (χ0v) is 17.2. The molecule has 2 fully saturated rings. The lowest BCUT2D eigenvalue weighted by atomic mass is 9.85. The van der Waals surface area contributed by atoms with Crippen molar-refractivity contribution >= 4 is 5.91 Å². The van der Waals surface area contributed by atoms with E-state index in [1.807, 2.05) is 18.2 Å². The second-order valence-corrected chi connectivity index (χ2v) is 7.98. The van der Waals surface area contributed by atoms with Gasteiger partial charge in [-0.2, -0.15) is 0 Å². The highest BCUT2D eigenvalue weighted by Gasteiger charge is 2.41. The van der Waals surface area contributed by atoms with E-state index in [0.717, 1.165) is 57.5 Å². The quantitative estimate of drug-likeness (QED) is 0.804. The maximum absolute atomic E-state index is 13.1. The van der Waals surface area contributed by atoms with Gasteiger partial charge in [0.2, 0.25) is 5.91 Å². The molecule has 0 radical (unpaired) electrons. The molecule has 0 saturated carbocycles. The highest BCUT2D eigenvalue weighted by Crippen LogP contribution is 2.32. The van der Waals surface area contributed by atoms with Gasteiger partial charge in [-0.3, -0.25) is 9.69 Å². The molecule has 27 heavy (non-hydrogen) atoms. The number of likely N-dealkylation sites (N-methyl/N-ethyl adjacent to an activating group) is 1. The van der Waals surface area contributed by atoms with Gasteiger partial charge >= 0.3 is 0 Å². The van der Waals surface area contributed by atoms with Gasteiger partial charge in [-0.1, -0.05) is 6.07 Å². The minimum atomic E-state index is 0.121. The largest absolute Gasteiger partial charge is 0.493 e. The molecule has 150 valence electrons. The predicted octanol–water partition coefficient (Wildman–Crippen LogP) is 1.87. The molecule has 2 saturated heterocycles. The molecule has 0 atom stereocenters. The SMILES string of the molecule is COc1ccc(CC(=O)N2CCCN(C)C3(CCN(C)CC3)C2)cc1OC. The molecule has 2 aliphatic heterocycles. The number of rotatable bonds is 4. The Kier molecular flexibility index (Phi) is 6.27. The summed E-state index contributed by atoms with van der Waals surface area (Å²) in [6.07, 6.45) is 3.69. The van der Waals surface area contributed by atoms with Crippen LogP contribution in [0, 0.1) is 0 Å². The number of hydrogen-bond acceptors (Lipinski definition) is 5. The average Bonchev–Trinajstić information content (AvgIpc) is 2.83. The van der Waals surface area contributed by atoms with Gasteiger partial charge in [-0.15, -0.1) is 0 Å². The summed E-state index contributed by atoms with van der Waals surface area (Å²) in [5.74, 6) is 1.57. The van der Waals surface area contributed by atoms with Crippen molar-refractivity contribution in [3.63, 3.8) is 0 Å². The maximum atomic E-state index is 13.1. The number of likely N-dealkylation sites (tertiary alicyclic amines) is 1. The second kappa shape index (κ2) is 8.48. The molecule has 1 aromatic carbocycles. The monoisotopic (exact) mass is 375 g/mol. The molecule has 3 rings (SSSR count). The van der Waals surface area contributed by atoms with Crippen molar-refractivity contribution in [3.8, 4) is 11.5 Å². The van der Waals surface area contributed by atoms with E-state index in [4.69, 9.17) is 9.47 Å². The van der Waals surface area contributed by atoms with Crippen molar-refractivity contribution in [1.29, 1.82) is 0 Å². The maximum Gasteiger partial charge on any atom is 0.227 e. The van der Waals surface area contributed by atoms with Crippen LogP contribution in [0.5, 0.6) is 11.5 Å². The van der Waals surface area contributed by atoms with Crippen molar-refractivity contribution < 1.29 is 14.3 Å². The van der Waals surface area contributed by atoms with E-state index in [2.05, 4.69) is 28.8 Å². The molecular weight excluding hydrogens is 342 g/mol. The third-order valence-electron chi connectivity index (χ3n) is 6.29. The second-order valence-electron chi connectivity index (χ2n) is 7.98. The topological polar surface area (TPSA) is 45.2 Å². The van der Waals surface area contributed by atoms with E-state index in [1.165, 1.54) is 0 Å². The van der Waals surface area contributed by atoms with Crippen LogP contribution < -0.4 is 9.47 Å². The highest BCUT2D eigenvalue weighted by atomic mass is 16.5. The summed E-state index contributed by atoms with van der Waals surface area (Å²) in [6, 6.07) is 5.73. The van der Waals surface area contributed by atoms with Crippen molar-refractivity contribution in [2.75, 3.05) is 61.0 Å². The van der Waals surface area contributed by atoms with Gasteiger partial charge in [-0.05, 0) is 64.1 Å². The Morgan fingerprint density at radius 1 is 1.04 bits per heavy atom. The zero-order chi connectivity index (χ0) is 19.4. The van der Waals surface area contributed by atoms with E-state index >= 15 is 0 Å². The van der Waals surface area contributed by atoms with Crippen LogP contribution in [0.1, 0.15) is 24.8 Å². The Bertz CT molecular complexity index is 656. The van der Waals surface area contributed by atoms with E-state index < -0.39 is 0 Å². The summed E-state index contributed by atoms with van der Waals surface area (Å²) in [5.41, 5.74) is 1.09. The van der Waals surface area contributed by atoms with Gasteiger partial charge in [-0.25, -0.2) is 0 Å². The summed E-state index contributed by atoms with van der Waals surface area (Å²) < 4.78 is 10.7. The number of carbonyl (C=O) groups is 1. The van der Waals surface area contributed by atoms with Gasteiger partial charge < -0.3 is 19.3 Å². The fourth-order valence-corrected chi connectivity index (χ4v) is 4.36. The molecular formula is C21H33N3O3. The number of amides is 1. The summed E-state index contributed by atoms with van der Waals surface area (Å²) in [6.45, 7) is 4.94. The van der Waals surface area contributed by atoms with Crippen molar-refractivity contribution in [3.05, 3.63) is 23.8 Å². The van der Waals surface area contributed by atoms with Crippen molar-refractivity contribution in [2.24, 2.45) is 0 Å². The smallest absolute Gasteiger partial charge is 0.227 e. The van der Waals surface area contributed by atoms with Crippen LogP contribution in [0.25, 0.3) is 0 Å². The van der Waals surface area contributed by atoms with Crippen LogP contribution in [-0.2, 0) is 11.2 Å². The Labute approximate surface area is 163 Å². The number of piperidine rings is 1. The molecule has 1 aromatic rings. The van der Waals surface area contributed by atoms with E-state index in [1.54, 1.807) is 14.2 Å². The summed E-state index contributed by atoms with van der Waals surface area (Å²) in [4.78, 5) is 20.1. The lowest BCUT2D eigenvalue weighted by molar-refractivity contribution is -0.132. The predicted molar refractivity (Wildman–Crippen MR) is 107 cm³/mol. The molecule has 6 nitrogen and oxygen atoms in total. The summed E-state index contributed by atoms with van der Waals surface area (Å²) in [5, 5.41) is 0. The number of benzene rings is 1. The first-order chi connectivity index (χ1) is 13.0. The minimum absolute atomic E-state index is 0.121. The Morgan fingerprint density at radius 2 is 1.74 bits per heavy atom. The van der Waals surface area contributed by atoms with Gasteiger partial charge in [0.1, 0.15) is 0 Å². The van der Waals surface area contributed by atoms with Crippen LogP contribution in [0.15, 0.2) is 18.2 Å². The van der Waals surface area contributed by atoms with Gasteiger partial charge in [0.25, 0.3) is 0 Å². The van der Waals surface area contributed by atoms with E-state index in [0.29, 0.717) is 17.9 Å². The molecule has 1 spiro atoms. The van der Waals surface area contributed by atoms with Crippen LogP contribution >= 0.6 is 0 Å². The van der Waals surface area contributed by atoms with Gasteiger partial charge in [0.15, 0.2) is 11.5 Å². The molecule has 2 aliphatic rings. The molecule has 0 unspecified atom stereocenters. The summed E-state index contributed by atoms with van der Waals surface area (Å²) in [7, 11) is 7.66. The molecule has 0 N–H and O–H groups in total. The normalized spacial score (nSPS) is 21.1. The lowest BCUT2D eigenvalue weighted by Gasteiger charge is -2.47. The third-order valence-corrected chi connectivity index (χ3v) is 6.29. The fourth-order valence-electron chi connectivity index (χ4n) is 4.36. The van der Waals surface area contributed by atoms with Crippen LogP contribution in [0.2, 0.25) is 0 Å². The number of nitrogens with zero attached hydrogens (tertiary/aromatic N) is 3. The first-order valence-electron chi connectivity index (χ1n) is 9.86. The molecule has 0 aliphatic carbocycles. The third kappa shape index (κ3) is 4.38. The molecule has 2 heterocycles. The zero-order valence-electron chi connectivity index (χ0n) is 17.2. The molecule has 0 aromatic heterocycles. The molecule has 1 amide bonds. The highest BCUT2D eigenvalue weighted by molar-refractivity contribution is 5.79. The average molecular weight is 376 g/mol. The van der Waals surface area contributed by atoms with Gasteiger partial charge in [0, 0.05) is 25.2 Å². The van der Waals surface area contributed by atoms with Crippen LogP contribution in [0.4, 0.5) is 0 Å². The lowest BCUT2D eigenvalue weighted by Crippen LogP contribution is -2.58. The molecule has 0 bridgehead atoms. The number of ether oxygens (including phenoxy) is 2. The fraction of sp³-hybridized carbons (Fsp3) is 0.667. The first-order valence-corrected chi connectivity index (χ1v) is 9.86. The Hall–Kier alpha value is -1.79. The number of hydrogen-bond donors (Lipinski definition) is 0. The Balaban J connectivity index is 1.72. The Morgan fingerprint density at radius 3 is 2.41 bits per heavy atom. The van der Waals surface area contributed by atoms with Crippen LogP contribution in [-0.4, -0.2) is 87.2 Å². The molecule has 6 heteroatoms. The van der Waals surface area contributed by atoms with Gasteiger partial charge in [0.05, 0.1) is 20.6 Å². The van der Waals surface area contributed by atoms with Crippen molar-refractivity contribution in [2.45, 2.75) is 31.2 Å². The standard InChI is InChI=1S/C21H33N3O3/c1-22-12-8-21(9-13-22)16-24(11-5-10-23(21)2)20(25)15-17-6-7-18(26-3)19(14-17)27-4/h6-7,14H,5,8-13,15-16H2,1-4H3. The minimum Gasteiger partial charge on any atom is -0.493 e. The van der Waals surface area contributed by atoms with Crippen molar-refractivity contribution in [1.82, 2.24) is 14.7 Å². The first kappa shape index (κ1) is 20.0. The van der Waals surface area contributed by atoms with E-state index in [9.17, 15) is 4.79 Å². The van der Waals surface area contributed by atoms with Crippen LogP contribution in [0.3, 0.4) is 0 Å². The number of carbonyl (C=O) groups excluding carboxylic acids is 1. The van der Waals surface area contributed by atoms with E-state index in [-0.39, 0.29) is 11.4 Å².